The van der Waals surface area contributed by atoms with E-state index in [1.165, 1.54) is 11.0 Å². The van der Waals surface area contributed by atoms with Crippen LogP contribution in [0.1, 0.15) is 30.4 Å². The van der Waals surface area contributed by atoms with E-state index in [9.17, 15) is 23.1 Å². The monoisotopic (exact) mass is 327 g/mol. The van der Waals surface area contributed by atoms with Gasteiger partial charge in [0.25, 0.3) is 0 Å². The smallest absolute Gasteiger partial charge is 0.419 e. The normalized spacial score (nSPS) is 20.1. The van der Waals surface area contributed by atoms with Gasteiger partial charge in [-0.05, 0) is 42.5 Å². The maximum absolute atomic E-state index is 12.9. The number of hydrogen-bond acceptors (Lipinski definition) is 2. The van der Waals surface area contributed by atoms with Crippen molar-refractivity contribution < 1.29 is 28.2 Å². The van der Waals surface area contributed by atoms with Gasteiger partial charge in [0.2, 0.25) is 0 Å². The first-order valence-electron chi connectivity index (χ1n) is 7.28. The number of hydrogen-bond donors (Lipinski definition) is 2. The molecule has 7 heteroatoms. The van der Waals surface area contributed by atoms with Crippen LogP contribution in [0.5, 0.6) is 5.75 Å². The molecule has 2 aliphatic rings. The summed E-state index contributed by atoms with van der Waals surface area (Å²) in [5.74, 6) is -0.773. The Bertz CT molecular complexity index is 676. The number of amides is 1. The molecule has 0 radical (unpaired) electrons. The van der Waals surface area contributed by atoms with Gasteiger partial charge >= 0.3 is 12.3 Å². The lowest BCUT2D eigenvalue weighted by Gasteiger charge is -2.50. The third-order valence-electron chi connectivity index (χ3n) is 4.70. The van der Waals surface area contributed by atoms with Crippen molar-refractivity contribution in [2.24, 2.45) is 5.41 Å². The van der Waals surface area contributed by atoms with Crippen LogP contribution in [0.3, 0.4) is 0 Å². The number of phenols is 1. The second-order valence-corrected chi connectivity index (χ2v) is 6.30. The average molecular weight is 327 g/mol. The zero-order valence-electron chi connectivity index (χ0n) is 12.2. The topological polar surface area (TPSA) is 60.8 Å². The van der Waals surface area contributed by atoms with Crippen molar-refractivity contribution in [1.82, 2.24) is 4.90 Å². The van der Waals surface area contributed by atoms with Crippen molar-refractivity contribution in [3.8, 4) is 5.75 Å². The summed E-state index contributed by atoms with van der Waals surface area (Å²) in [6.07, 6.45) is -1.60. The van der Waals surface area contributed by atoms with Gasteiger partial charge in [-0.2, -0.15) is 13.2 Å². The minimum atomic E-state index is -4.59. The van der Waals surface area contributed by atoms with E-state index in [-0.39, 0.29) is 5.41 Å². The number of allylic oxidation sites excluding steroid dienone is 2. The van der Waals surface area contributed by atoms with E-state index in [1.807, 2.05) is 6.08 Å². The molecule has 1 aliphatic heterocycles. The van der Waals surface area contributed by atoms with Crippen LogP contribution in [0, 0.1) is 5.41 Å². The quantitative estimate of drug-likeness (QED) is 0.821. The van der Waals surface area contributed by atoms with Gasteiger partial charge in [-0.15, -0.1) is 0 Å². The Hall–Kier alpha value is -2.18. The summed E-state index contributed by atoms with van der Waals surface area (Å²) in [5.41, 5.74) is 0.178. The largest absolute Gasteiger partial charge is 0.507 e. The Morgan fingerprint density at radius 3 is 2.48 bits per heavy atom. The molecule has 0 atom stereocenters. The van der Waals surface area contributed by atoms with Crippen LogP contribution in [0.15, 0.2) is 24.3 Å². The Morgan fingerprint density at radius 2 is 1.96 bits per heavy atom. The zero-order valence-corrected chi connectivity index (χ0v) is 12.2. The molecule has 1 saturated heterocycles. The molecular weight excluding hydrogens is 311 g/mol. The highest BCUT2D eigenvalue weighted by molar-refractivity contribution is 5.69. The second-order valence-electron chi connectivity index (χ2n) is 6.30. The van der Waals surface area contributed by atoms with Crippen LogP contribution in [0.25, 0.3) is 5.57 Å². The number of benzene rings is 1. The highest BCUT2D eigenvalue weighted by atomic mass is 19.4. The summed E-state index contributed by atoms with van der Waals surface area (Å²) in [6, 6.07) is 3.53. The molecule has 0 bridgehead atoms. The Labute approximate surface area is 130 Å². The molecule has 0 aromatic heterocycles. The Morgan fingerprint density at radius 1 is 1.26 bits per heavy atom. The number of carboxylic acid groups (broad SMARTS) is 1. The first-order chi connectivity index (χ1) is 10.7. The van der Waals surface area contributed by atoms with Crippen LogP contribution in [-0.2, 0) is 6.18 Å². The number of nitrogens with zero attached hydrogens (tertiary/aromatic N) is 1. The van der Waals surface area contributed by atoms with Crippen molar-refractivity contribution in [3.05, 3.63) is 35.4 Å². The van der Waals surface area contributed by atoms with Crippen molar-refractivity contribution in [3.63, 3.8) is 0 Å². The lowest BCUT2D eigenvalue weighted by Crippen LogP contribution is -2.58. The summed E-state index contributed by atoms with van der Waals surface area (Å²) in [4.78, 5) is 12.2. The molecule has 0 unspecified atom stereocenters. The molecule has 1 aromatic carbocycles. The summed E-state index contributed by atoms with van der Waals surface area (Å²) < 4.78 is 38.6. The van der Waals surface area contributed by atoms with Gasteiger partial charge in [0, 0.05) is 18.5 Å². The predicted octanol–water partition coefficient (Wildman–Crippen LogP) is 3.96. The molecule has 1 fully saturated rings. The molecule has 1 aromatic rings. The van der Waals surface area contributed by atoms with Gasteiger partial charge in [-0.25, -0.2) is 4.79 Å². The summed E-state index contributed by atoms with van der Waals surface area (Å²) in [5, 5.41) is 18.3. The number of rotatable bonds is 1. The predicted molar refractivity (Wildman–Crippen MR) is 77.0 cm³/mol. The number of halogens is 3. The zero-order chi connectivity index (χ0) is 16.8. The van der Waals surface area contributed by atoms with E-state index in [0.29, 0.717) is 31.5 Å². The highest BCUT2D eigenvalue weighted by Crippen LogP contribution is 2.46. The van der Waals surface area contributed by atoms with Gasteiger partial charge in [0.05, 0.1) is 5.56 Å². The molecule has 4 nitrogen and oxygen atoms in total. The minimum Gasteiger partial charge on any atom is -0.507 e. The van der Waals surface area contributed by atoms with E-state index in [4.69, 9.17) is 5.11 Å². The molecule has 0 saturated carbocycles. The van der Waals surface area contributed by atoms with Gasteiger partial charge < -0.3 is 15.1 Å². The standard InChI is InChI=1S/C16H16F3NO3/c17-16(18,19)12-7-11(1-2-13(12)21)10-3-5-15(6-4-10)8-20(9-15)14(22)23/h1-3,7,21H,4-6,8-9H2,(H,22,23). The molecular formula is C16H16F3NO3. The first-order valence-corrected chi connectivity index (χ1v) is 7.28. The van der Waals surface area contributed by atoms with E-state index in [1.54, 1.807) is 0 Å². The van der Waals surface area contributed by atoms with E-state index >= 15 is 0 Å². The third kappa shape index (κ3) is 2.87. The van der Waals surface area contributed by atoms with Gasteiger partial charge in [0.1, 0.15) is 5.75 Å². The molecule has 1 heterocycles. The lowest BCUT2D eigenvalue weighted by atomic mass is 9.69. The molecule has 124 valence electrons. The Balaban J connectivity index is 1.77. The summed E-state index contributed by atoms with van der Waals surface area (Å²) in [7, 11) is 0. The maximum Gasteiger partial charge on any atom is 0.419 e. The van der Waals surface area contributed by atoms with Crippen LogP contribution in [-0.4, -0.2) is 34.3 Å². The summed E-state index contributed by atoms with van der Waals surface area (Å²) in [6.45, 7) is 0.963. The number of carbonyl (C=O) groups is 1. The highest BCUT2D eigenvalue weighted by Gasteiger charge is 2.45. The Kier molecular flexibility index (Phi) is 3.54. The fourth-order valence-corrected chi connectivity index (χ4v) is 3.35. The fraction of sp³-hybridized carbons (Fsp3) is 0.438. The molecule has 3 rings (SSSR count). The number of aromatic hydroxyl groups is 1. The second kappa shape index (κ2) is 5.18. The maximum atomic E-state index is 12.9. The van der Waals surface area contributed by atoms with E-state index < -0.39 is 23.6 Å². The van der Waals surface area contributed by atoms with Crippen LogP contribution in [0.2, 0.25) is 0 Å². The molecule has 23 heavy (non-hydrogen) atoms. The molecule has 2 N–H and O–H groups in total. The fourth-order valence-electron chi connectivity index (χ4n) is 3.35. The van der Waals surface area contributed by atoms with Crippen molar-refractivity contribution in [2.45, 2.75) is 25.4 Å². The third-order valence-corrected chi connectivity index (χ3v) is 4.70. The van der Waals surface area contributed by atoms with Gasteiger partial charge in [0.15, 0.2) is 0 Å². The van der Waals surface area contributed by atoms with Crippen LogP contribution in [0.4, 0.5) is 18.0 Å². The van der Waals surface area contributed by atoms with Crippen molar-refractivity contribution in [1.29, 1.82) is 0 Å². The average Bonchev–Trinajstić information content (AvgIpc) is 2.44. The number of alkyl halides is 3. The van der Waals surface area contributed by atoms with Crippen molar-refractivity contribution in [2.75, 3.05) is 13.1 Å². The number of phenolic OH excluding ortho intramolecular Hbond substituents is 1. The molecule has 1 spiro atoms. The van der Waals surface area contributed by atoms with Crippen LogP contribution < -0.4 is 0 Å². The minimum absolute atomic E-state index is 0.0638. The van der Waals surface area contributed by atoms with Crippen molar-refractivity contribution >= 4 is 11.7 Å². The molecule has 1 amide bonds. The van der Waals surface area contributed by atoms with Gasteiger partial charge in [-0.1, -0.05) is 12.1 Å². The summed E-state index contributed by atoms with van der Waals surface area (Å²) >= 11 is 0. The number of likely N-dealkylation sites (tertiary alicyclic amines) is 1. The van der Waals surface area contributed by atoms with E-state index in [2.05, 4.69) is 0 Å². The SMILES string of the molecule is O=C(O)N1CC2(CC=C(c3ccc(O)c(C(F)(F)F)c3)CC2)C1. The van der Waals surface area contributed by atoms with Gasteiger partial charge in [-0.3, -0.25) is 0 Å². The molecule has 1 aliphatic carbocycles. The van der Waals surface area contributed by atoms with E-state index in [0.717, 1.165) is 24.1 Å². The lowest BCUT2D eigenvalue weighted by molar-refractivity contribution is -0.138. The van der Waals surface area contributed by atoms with Crippen LogP contribution >= 0.6 is 0 Å². The first kappa shape index (κ1) is 15.7.